The molecule has 1 aliphatic carbocycles. The van der Waals surface area contributed by atoms with Gasteiger partial charge in [0.25, 0.3) is 0 Å². The summed E-state index contributed by atoms with van der Waals surface area (Å²) in [7, 11) is 0. The number of aliphatic hydroxyl groups excluding tert-OH is 4. The standard InChI is InChI=1S/C11H17N3O8/c12-8-13-6(17)2-4-9(19,1-15)5-3(16)10(2,14-8)7(18)11(20,21-4)22-5/h2-7,15-20H,1H2,(H3,12,13,14)/t2-,3-,4+,5-,6-,7+,9+,10+,11+/m1/s1. The lowest BCUT2D eigenvalue weighted by molar-refractivity contribution is -0.548. The maximum absolute atomic E-state index is 10.6. The summed E-state index contributed by atoms with van der Waals surface area (Å²) in [6, 6.07) is 0. The minimum Gasteiger partial charge on any atom is -0.393 e. The molecule has 22 heavy (non-hydrogen) atoms. The van der Waals surface area contributed by atoms with E-state index in [0.29, 0.717) is 0 Å². The zero-order valence-corrected chi connectivity index (χ0v) is 11.2. The molecular weight excluding hydrogens is 302 g/mol. The van der Waals surface area contributed by atoms with E-state index in [4.69, 9.17) is 15.2 Å². The second-order valence-corrected chi connectivity index (χ2v) is 6.22. The third-order valence-corrected chi connectivity index (χ3v) is 5.22. The van der Waals surface area contributed by atoms with Gasteiger partial charge in [0.15, 0.2) is 18.3 Å². The van der Waals surface area contributed by atoms with Gasteiger partial charge in [0.05, 0.1) is 12.5 Å². The number of ether oxygens (including phenoxy) is 2. The van der Waals surface area contributed by atoms with Crippen molar-refractivity contribution >= 4 is 5.96 Å². The molecule has 11 nitrogen and oxygen atoms in total. The minimum absolute atomic E-state index is 0.250. The highest BCUT2D eigenvalue weighted by Crippen LogP contribution is 2.58. The molecule has 4 heterocycles. The van der Waals surface area contributed by atoms with Crippen molar-refractivity contribution in [1.29, 1.82) is 0 Å². The van der Waals surface area contributed by atoms with E-state index in [0.717, 1.165) is 0 Å². The van der Waals surface area contributed by atoms with E-state index in [1.165, 1.54) is 0 Å². The predicted octanol–water partition coefficient (Wildman–Crippen LogP) is -5.52. The molecule has 0 amide bonds. The summed E-state index contributed by atoms with van der Waals surface area (Å²) in [5, 5.41) is 64.3. The number of nitrogens with one attached hydrogen (secondary N) is 1. The van der Waals surface area contributed by atoms with Crippen LogP contribution in [0.1, 0.15) is 0 Å². The highest BCUT2D eigenvalue weighted by Gasteiger charge is 2.82. The zero-order chi connectivity index (χ0) is 16.1. The molecule has 5 rings (SSSR count). The molecule has 124 valence electrons. The van der Waals surface area contributed by atoms with Gasteiger partial charge in [0, 0.05) is 0 Å². The fourth-order valence-corrected chi connectivity index (χ4v) is 4.24. The summed E-state index contributed by atoms with van der Waals surface area (Å²) in [6.45, 7) is -0.857. The van der Waals surface area contributed by atoms with Gasteiger partial charge in [0.2, 0.25) is 0 Å². The number of aliphatic hydroxyl groups is 6. The molecule has 1 saturated carbocycles. The Balaban J connectivity index is 1.95. The molecule has 0 radical (unpaired) electrons. The van der Waals surface area contributed by atoms with Crippen molar-refractivity contribution in [2.24, 2.45) is 16.6 Å². The van der Waals surface area contributed by atoms with Crippen LogP contribution in [0.5, 0.6) is 0 Å². The van der Waals surface area contributed by atoms with Crippen LogP contribution in [0.4, 0.5) is 0 Å². The van der Waals surface area contributed by atoms with Gasteiger partial charge in [-0.15, -0.1) is 0 Å². The van der Waals surface area contributed by atoms with Crippen molar-refractivity contribution in [2.75, 3.05) is 6.61 Å². The molecule has 0 aromatic rings. The van der Waals surface area contributed by atoms with Gasteiger partial charge in [0.1, 0.15) is 29.5 Å². The highest BCUT2D eigenvalue weighted by atomic mass is 16.9. The molecule has 3 saturated heterocycles. The molecule has 4 aliphatic heterocycles. The molecule has 0 aromatic heterocycles. The van der Waals surface area contributed by atoms with Gasteiger partial charge >= 0.3 is 5.97 Å². The van der Waals surface area contributed by atoms with E-state index >= 15 is 0 Å². The zero-order valence-electron chi connectivity index (χ0n) is 11.2. The fourth-order valence-electron chi connectivity index (χ4n) is 4.24. The Morgan fingerprint density at radius 2 is 1.82 bits per heavy atom. The first-order valence-electron chi connectivity index (χ1n) is 6.77. The first-order chi connectivity index (χ1) is 10.2. The number of hydrogen-bond donors (Lipinski definition) is 8. The maximum atomic E-state index is 10.6. The lowest BCUT2D eigenvalue weighted by Crippen LogP contribution is -2.95. The van der Waals surface area contributed by atoms with Crippen LogP contribution in [0, 0.1) is 5.92 Å². The van der Waals surface area contributed by atoms with Crippen molar-refractivity contribution in [1.82, 2.24) is 5.32 Å². The molecular formula is C11H17N3O8. The quantitative estimate of drug-likeness (QED) is 0.231. The monoisotopic (exact) mass is 319 g/mol. The summed E-state index contributed by atoms with van der Waals surface area (Å²) < 4.78 is 10.3. The SMILES string of the molecule is NC1=N[C@H](O)[C@H]2[C@@H]3O[C@]4(O)O[C@H]([C@@H](O)[C@]2(N1)[C@@H]4O)[C@]3(O)CO. The molecule has 1 spiro atoms. The van der Waals surface area contributed by atoms with E-state index in [2.05, 4.69) is 10.3 Å². The Morgan fingerprint density at radius 3 is 2.45 bits per heavy atom. The van der Waals surface area contributed by atoms with Crippen LogP contribution in [0.2, 0.25) is 0 Å². The second kappa shape index (κ2) is 3.88. The van der Waals surface area contributed by atoms with Gasteiger partial charge in [-0.2, -0.15) is 0 Å². The first-order valence-corrected chi connectivity index (χ1v) is 6.77. The molecule has 0 unspecified atom stereocenters. The number of aliphatic imine (C=N–C) groups is 1. The van der Waals surface area contributed by atoms with Crippen LogP contribution in [-0.4, -0.2) is 91.0 Å². The van der Waals surface area contributed by atoms with E-state index in [9.17, 15) is 30.6 Å². The molecule has 11 heteroatoms. The minimum atomic E-state index is -2.52. The van der Waals surface area contributed by atoms with Gasteiger partial charge in [-0.25, -0.2) is 4.99 Å². The summed E-state index contributed by atoms with van der Waals surface area (Å²) in [4.78, 5) is 3.70. The average Bonchev–Trinajstić information content (AvgIpc) is 2.45. The molecule has 4 bridgehead atoms. The Kier molecular flexibility index (Phi) is 2.57. The van der Waals surface area contributed by atoms with E-state index in [-0.39, 0.29) is 5.96 Å². The van der Waals surface area contributed by atoms with E-state index in [1.54, 1.807) is 0 Å². The highest BCUT2D eigenvalue weighted by molar-refractivity contribution is 5.80. The van der Waals surface area contributed by atoms with Crippen molar-refractivity contribution < 1.29 is 40.1 Å². The number of nitrogens with zero attached hydrogens (tertiary/aromatic N) is 1. The van der Waals surface area contributed by atoms with Crippen LogP contribution >= 0.6 is 0 Å². The van der Waals surface area contributed by atoms with Crippen molar-refractivity contribution in [2.45, 2.75) is 47.8 Å². The van der Waals surface area contributed by atoms with E-state index in [1.807, 2.05) is 0 Å². The van der Waals surface area contributed by atoms with Crippen molar-refractivity contribution in [3.05, 3.63) is 0 Å². The van der Waals surface area contributed by atoms with Crippen LogP contribution < -0.4 is 11.1 Å². The summed E-state index contributed by atoms with van der Waals surface area (Å²) in [6.07, 6.45) is -7.77. The van der Waals surface area contributed by atoms with Gasteiger partial charge < -0.3 is 51.2 Å². The summed E-state index contributed by atoms with van der Waals surface area (Å²) in [5.74, 6) is -3.95. The maximum Gasteiger partial charge on any atom is 0.311 e. The molecule has 9 N–H and O–H groups in total. The fraction of sp³-hybridized carbons (Fsp3) is 0.909. The molecule has 0 aromatic carbocycles. The molecule has 5 aliphatic rings. The smallest absolute Gasteiger partial charge is 0.311 e. The Morgan fingerprint density at radius 1 is 1.18 bits per heavy atom. The van der Waals surface area contributed by atoms with Gasteiger partial charge in [-0.3, -0.25) is 0 Å². The Bertz CT molecular complexity index is 561. The van der Waals surface area contributed by atoms with Crippen molar-refractivity contribution in [3.63, 3.8) is 0 Å². The number of guanidine groups is 1. The molecule has 9 atom stereocenters. The second-order valence-electron chi connectivity index (χ2n) is 6.22. The summed E-state index contributed by atoms with van der Waals surface area (Å²) >= 11 is 0. The number of rotatable bonds is 1. The lowest BCUT2D eigenvalue weighted by Gasteiger charge is -2.71. The Hall–Kier alpha value is -1.05. The summed E-state index contributed by atoms with van der Waals surface area (Å²) in [5.41, 5.74) is 1.74. The van der Waals surface area contributed by atoms with E-state index < -0.39 is 60.3 Å². The average molecular weight is 319 g/mol. The van der Waals surface area contributed by atoms with Crippen LogP contribution in [0.15, 0.2) is 4.99 Å². The third kappa shape index (κ3) is 1.28. The van der Waals surface area contributed by atoms with Crippen LogP contribution in [0.3, 0.4) is 0 Å². The lowest BCUT2D eigenvalue weighted by atomic mass is 9.55. The largest absolute Gasteiger partial charge is 0.393 e. The Labute approximate surface area is 123 Å². The third-order valence-electron chi connectivity index (χ3n) is 5.22. The van der Waals surface area contributed by atoms with Gasteiger partial charge in [-0.1, -0.05) is 0 Å². The molecule has 4 fully saturated rings. The normalized spacial score (nSPS) is 62.4. The van der Waals surface area contributed by atoms with Crippen LogP contribution in [-0.2, 0) is 9.47 Å². The first kappa shape index (κ1) is 14.5. The van der Waals surface area contributed by atoms with Crippen LogP contribution in [0.25, 0.3) is 0 Å². The number of nitrogens with two attached hydrogens (primary N) is 1. The van der Waals surface area contributed by atoms with Crippen molar-refractivity contribution in [3.8, 4) is 0 Å². The number of hydrogen-bond acceptors (Lipinski definition) is 11. The predicted molar refractivity (Wildman–Crippen MR) is 65.7 cm³/mol. The van der Waals surface area contributed by atoms with Gasteiger partial charge in [-0.05, 0) is 0 Å². The topological polar surface area (TPSA) is 190 Å².